The SMILES string of the molecule is COc1ccc(NC(=O)C2CCCN(S(=O)(=O)c3ccc4c(c3)NC(=O)C(C)O4)C2)cc1. The summed E-state index contributed by atoms with van der Waals surface area (Å²) < 4.78 is 38.4. The van der Waals surface area contributed by atoms with E-state index >= 15 is 0 Å². The molecule has 170 valence electrons. The number of fused-ring (bicyclic) bond motifs is 1. The van der Waals surface area contributed by atoms with Crippen LogP contribution in [0.1, 0.15) is 19.8 Å². The van der Waals surface area contributed by atoms with Crippen molar-refractivity contribution < 1.29 is 27.5 Å². The van der Waals surface area contributed by atoms with Crippen LogP contribution in [0.4, 0.5) is 11.4 Å². The molecule has 2 N–H and O–H groups in total. The number of amides is 2. The Morgan fingerprint density at radius 3 is 2.69 bits per heavy atom. The second kappa shape index (κ2) is 8.79. The molecule has 2 aliphatic rings. The summed E-state index contributed by atoms with van der Waals surface area (Å²) in [5, 5.41) is 5.51. The van der Waals surface area contributed by atoms with Gasteiger partial charge in [0.05, 0.1) is 23.6 Å². The van der Waals surface area contributed by atoms with Crippen molar-refractivity contribution in [1.82, 2.24) is 4.31 Å². The molecule has 2 aromatic carbocycles. The highest BCUT2D eigenvalue weighted by molar-refractivity contribution is 7.89. The first-order valence-corrected chi connectivity index (χ1v) is 11.8. The van der Waals surface area contributed by atoms with Gasteiger partial charge in [-0.15, -0.1) is 0 Å². The lowest BCUT2D eigenvalue weighted by Crippen LogP contribution is -2.43. The van der Waals surface area contributed by atoms with Gasteiger partial charge in [0.1, 0.15) is 11.5 Å². The summed E-state index contributed by atoms with van der Waals surface area (Å²) in [4.78, 5) is 24.7. The smallest absolute Gasteiger partial charge is 0.265 e. The molecule has 0 spiro atoms. The standard InChI is InChI=1S/C22H25N3O6S/c1-14-21(26)24-19-12-18(9-10-20(19)31-14)32(28,29)25-11-3-4-15(13-25)22(27)23-16-5-7-17(30-2)8-6-16/h5-10,12,14-15H,3-4,11,13H2,1-2H3,(H,23,27)(H,24,26). The van der Waals surface area contributed by atoms with Crippen molar-refractivity contribution >= 4 is 33.2 Å². The van der Waals surface area contributed by atoms with Crippen LogP contribution in [0.25, 0.3) is 0 Å². The van der Waals surface area contributed by atoms with Crippen LogP contribution in [0, 0.1) is 5.92 Å². The molecule has 0 aliphatic carbocycles. The predicted molar refractivity (Wildman–Crippen MR) is 118 cm³/mol. The van der Waals surface area contributed by atoms with Crippen LogP contribution in [0.3, 0.4) is 0 Å². The van der Waals surface area contributed by atoms with Gasteiger partial charge in [-0.3, -0.25) is 9.59 Å². The Balaban J connectivity index is 1.48. The van der Waals surface area contributed by atoms with Crippen molar-refractivity contribution in [3.8, 4) is 11.5 Å². The molecule has 1 saturated heterocycles. The van der Waals surface area contributed by atoms with Gasteiger partial charge in [-0.05, 0) is 62.2 Å². The Kier molecular flexibility index (Phi) is 6.07. The molecule has 0 bridgehead atoms. The van der Waals surface area contributed by atoms with Gasteiger partial charge in [-0.25, -0.2) is 8.42 Å². The van der Waals surface area contributed by atoms with E-state index in [0.29, 0.717) is 42.3 Å². The molecular formula is C22H25N3O6S. The number of hydrogen-bond acceptors (Lipinski definition) is 6. The van der Waals surface area contributed by atoms with Crippen LogP contribution >= 0.6 is 0 Å². The van der Waals surface area contributed by atoms with Crippen molar-refractivity contribution in [2.24, 2.45) is 5.92 Å². The van der Waals surface area contributed by atoms with Gasteiger partial charge in [0.25, 0.3) is 5.91 Å². The van der Waals surface area contributed by atoms with Crippen molar-refractivity contribution in [2.45, 2.75) is 30.8 Å². The van der Waals surface area contributed by atoms with E-state index < -0.39 is 22.0 Å². The number of piperidine rings is 1. The first-order chi connectivity index (χ1) is 15.3. The topological polar surface area (TPSA) is 114 Å². The zero-order valence-electron chi connectivity index (χ0n) is 17.8. The Labute approximate surface area is 186 Å². The lowest BCUT2D eigenvalue weighted by Gasteiger charge is -2.31. The Bertz CT molecular complexity index is 1130. The molecule has 2 aromatic rings. The lowest BCUT2D eigenvalue weighted by atomic mass is 9.99. The maximum Gasteiger partial charge on any atom is 0.265 e. The average Bonchev–Trinajstić information content (AvgIpc) is 2.80. The first kappa shape index (κ1) is 22.1. The van der Waals surface area contributed by atoms with Crippen molar-refractivity contribution in [3.05, 3.63) is 42.5 Å². The molecule has 10 heteroatoms. The number of sulfonamides is 1. The van der Waals surface area contributed by atoms with E-state index in [4.69, 9.17) is 9.47 Å². The van der Waals surface area contributed by atoms with Crippen LogP contribution in [-0.2, 0) is 19.6 Å². The monoisotopic (exact) mass is 459 g/mol. The molecule has 2 atom stereocenters. The fourth-order valence-corrected chi connectivity index (χ4v) is 5.34. The van der Waals surface area contributed by atoms with Crippen LogP contribution in [-0.4, -0.2) is 50.8 Å². The molecule has 32 heavy (non-hydrogen) atoms. The zero-order chi connectivity index (χ0) is 22.9. The first-order valence-electron chi connectivity index (χ1n) is 10.3. The third kappa shape index (κ3) is 4.42. The van der Waals surface area contributed by atoms with E-state index in [1.807, 2.05) is 0 Å². The minimum absolute atomic E-state index is 0.0471. The Hall–Kier alpha value is -3.11. The summed E-state index contributed by atoms with van der Waals surface area (Å²) in [6.07, 6.45) is 0.527. The molecule has 4 rings (SSSR count). The fraction of sp³-hybridized carbons (Fsp3) is 0.364. The van der Waals surface area contributed by atoms with E-state index in [9.17, 15) is 18.0 Å². The van der Waals surface area contributed by atoms with E-state index in [2.05, 4.69) is 10.6 Å². The number of nitrogens with one attached hydrogen (secondary N) is 2. The van der Waals surface area contributed by atoms with Crippen molar-refractivity contribution in [1.29, 1.82) is 0 Å². The normalized spacial score (nSPS) is 21.1. The van der Waals surface area contributed by atoms with Crippen LogP contribution in [0.5, 0.6) is 11.5 Å². The average molecular weight is 460 g/mol. The van der Waals surface area contributed by atoms with E-state index in [1.165, 1.54) is 22.5 Å². The van der Waals surface area contributed by atoms with Crippen LogP contribution in [0.15, 0.2) is 47.4 Å². The van der Waals surface area contributed by atoms with Gasteiger partial charge in [0, 0.05) is 18.8 Å². The number of ether oxygens (including phenoxy) is 2. The molecule has 0 radical (unpaired) electrons. The summed E-state index contributed by atoms with van der Waals surface area (Å²) in [7, 11) is -2.28. The van der Waals surface area contributed by atoms with E-state index in [0.717, 1.165) is 0 Å². The Morgan fingerprint density at radius 2 is 1.97 bits per heavy atom. The number of hydrogen-bond donors (Lipinski definition) is 2. The second-order valence-electron chi connectivity index (χ2n) is 7.83. The zero-order valence-corrected chi connectivity index (χ0v) is 18.6. The van der Waals surface area contributed by atoms with Gasteiger partial charge in [0.2, 0.25) is 15.9 Å². The second-order valence-corrected chi connectivity index (χ2v) is 9.77. The van der Waals surface area contributed by atoms with Crippen molar-refractivity contribution in [2.75, 3.05) is 30.8 Å². The summed E-state index contributed by atoms with van der Waals surface area (Å²) in [5.41, 5.74) is 0.940. The number of anilines is 2. The largest absolute Gasteiger partial charge is 0.497 e. The molecule has 2 aliphatic heterocycles. The summed E-state index contributed by atoms with van der Waals surface area (Å²) >= 11 is 0. The van der Waals surface area contributed by atoms with E-state index in [1.54, 1.807) is 38.3 Å². The number of carbonyl (C=O) groups excluding carboxylic acids is 2. The summed E-state index contributed by atoms with van der Waals surface area (Å²) in [5.74, 6) is 0.0723. The quantitative estimate of drug-likeness (QED) is 0.710. The number of benzene rings is 2. The summed E-state index contributed by atoms with van der Waals surface area (Å²) in [6.45, 7) is 2.03. The predicted octanol–water partition coefficient (Wildman–Crippen LogP) is 2.45. The van der Waals surface area contributed by atoms with Crippen LogP contribution in [0.2, 0.25) is 0 Å². The summed E-state index contributed by atoms with van der Waals surface area (Å²) in [6, 6.07) is 11.3. The third-order valence-corrected chi connectivity index (χ3v) is 7.49. The number of methoxy groups -OCH3 is 1. The van der Waals surface area contributed by atoms with Gasteiger partial charge in [-0.2, -0.15) is 4.31 Å². The number of nitrogens with zero attached hydrogens (tertiary/aromatic N) is 1. The maximum absolute atomic E-state index is 13.2. The molecular weight excluding hydrogens is 434 g/mol. The number of carbonyl (C=O) groups is 2. The molecule has 2 unspecified atom stereocenters. The maximum atomic E-state index is 13.2. The Morgan fingerprint density at radius 1 is 1.22 bits per heavy atom. The van der Waals surface area contributed by atoms with Crippen LogP contribution < -0.4 is 20.1 Å². The minimum Gasteiger partial charge on any atom is -0.497 e. The van der Waals surface area contributed by atoms with Crippen molar-refractivity contribution in [3.63, 3.8) is 0 Å². The van der Waals surface area contributed by atoms with Gasteiger partial charge in [-0.1, -0.05) is 0 Å². The van der Waals surface area contributed by atoms with Gasteiger partial charge < -0.3 is 20.1 Å². The molecule has 1 fully saturated rings. The highest BCUT2D eigenvalue weighted by atomic mass is 32.2. The highest BCUT2D eigenvalue weighted by Gasteiger charge is 2.34. The van der Waals surface area contributed by atoms with Gasteiger partial charge in [0.15, 0.2) is 6.10 Å². The number of rotatable bonds is 5. The highest BCUT2D eigenvalue weighted by Crippen LogP contribution is 2.33. The lowest BCUT2D eigenvalue weighted by molar-refractivity contribution is -0.123. The minimum atomic E-state index is -3.84. The molecule has 2 amide bonds. The van der Waals surface area contributed by atoms with E-state index in [-0.39, 0.29) is 23.3 Å². The molecule has 2 heterocycles. The molecule has 9 nitrogen and oxygen atoms in total. The fourth-order valence-electron chi connectivity index (χ4n) is 3.79. The third-order valence-electron chi connectivity index (χ3n) is 5.63. The molecule has 0 saturated carbocycles. The molecule has 0 aromatic heterocycles. The van der Waals surface area contributed by atoms with Gasteiger partial charge >= 0.3 is 0 Å².